The Morgan fingerprint density at radius 3 is 2.88 bits per heavy atom. The average molecular weight is 323 g/mol. The van der Waals surface area contributed by atoms with Gasteiger partial charge < -0.3 is 5.32 Å². The molecular formula is C18H21N5O. The van der Waals surface area contributed by atoms with Gasteiger partial charge in [0.1, 0.15) is 0 Å². The summed E-state index contributed by atoms with van der Waals surface area (Å²) in [7, 11) is 1.80. The van der Waals surface area contributed by atoms with Crippen molar-refractivity contribution >= 4 is 5.91 Å². The Hall–Kier alpha value is -2.65. The van der Waals surface area contributed by atoms with Gasteiger partial charge in [-0.3, -0.25) is 14.4 Å². The van der Waals surface area contributed by atoms with Crippen LogP contribution in [-0.4, -0.2) is 39.7 Å². The molecule has 1 N–H and O–H groups in total. The fraction of sp³-hybridized carbons (Fsp3) is 0.389. The molecule has 0 aliphatic carbocycles. The molecule has 3 rings (SSSR count). The highest BCUT2D eigenvalue weighted by Gasteiger charge is 2.22. The molecule has 0 saturated carbocycles. The highest BCUT2D eigenvalue weighted by atomic mass is 16.1. The molecule has 24 heavy (non-hydrogen) atoms. The first-order valence-corrected chi connectivity index (χ1v) is 8.15. The summed E-state index contributed by atoms with van der Waals surface area (Å²) in [6, 6.07) is 9.98. The second-order valence-electron chi connectivity index (χ2n) is 6.26. The fourth-order valence-corrected chi connectivity index (χ4v) is 3.07. The van der Waals surface area contributed by atoms with E-state index in [2.05, 4.69) is 21.4 Å². The van der Waals surface area contributed by atoms with Gasteiger partial charge in [0.25, 0.3) is 5.91 Å². The number of aromatic nitrogens is 2. The summed E-state index contributed by atoms with van der Waals surface area (Å²) in [6.45, 7) is 2.70. The highest BCUT2D eigenvalue weighted by Crippen LogP contribution is 2.15. The molecular weight excluding hydrogens is 302 g/mol. The van der Waals surface area contributed by atoms with Crippen molar-refractivity contribution in [2.75, 3.05) is 13.1 Å². The SMILES string of the molecule is Cn1cc(C(=O)NC2CCCN(Cc3ccc(C#N)cc3)C2)cn1. The number of piperidine rings is 1. The van der Waals surface area contributed by atoms with E-state index in [1.165, 1.54) is 5.56 Å². The number of nitriles is 1. The maximum Gasteiger partial charge on any atom is 0.254 e. The number of amides is 1. The summed E-state index contributed by atoms with van der Waals surface area (Å²) in [4.78, 5) is 14.6. The molecule has 0 radical (unpaired) electrons. The minimum atomic E-state index is -0.0617. The summed E-state index contributed by atoms with van der Waals surface area (Å²) in [5.41, 5.74) is 2.47. The Bertz CT molecular complexity index is 744. The summed E-state index contributed by atoms with van der Waals surface area (Å²) in [6.07, 6.45) is 5.38. The number of nitrogens with one attached hydrogen (secondary N) is 1. The van der Waals surface area contributed by atoms with Crippen molar-refractivity contribution in [3.8, 4) is 6.07 Å². The smallest absolute Gasteiger partial charge is 0.254 e. The quantitative estimate of drug-likeness (QED) is 0.929. The maximum atomic E-state index is 12.2. The van der Waals surface area contributed by atoms with Crippen LogP contribution in [0.15, 0.2) is 36.7 Å². The van der Waals surface area contributed by atoms with E-state index in [0.717, 1.165) is 32.5 Å². The second-order valence-corrected chi connectivity index (χ2v) is 6.26. The monoisotopic (exact) mass is 323 g/mol. The van der Waals surface area contributed by atoms with Gasteiger partial charge in [-0.25, -0.2) is 0 Å². The summed E-state index contributed by atoms with van der Waals surface area (Å²) in [5, 5.41) is 16.0. The predicted octanol–water partition coefficient (Wildman–Crippen LogP) is 1.69. The normalized spacial score (nSPS) is 18.1. The number of nitrogens with zero attached hydrogens (tertiary/aromatic N) is 4. The lowest BCUT2D eigenvalue weighted by atomic mass is 10.0. The van der Waals surface area contributed by atoms with Crippen molar-refractivity contribution in [3.63, 3.8) is 0 Å². The largest absolute Gasteiger partial charge is 0.348 e. The van der Waals surface area contributed by atoms with E-state index in [1.54, 1.807) is 24.1 Å². The Labute approximate surface area is 141 Å². The lowest BCUT2D eigenvalue weighted by Crippen LogP contribution is -2.47. The first-order valence-electron chi connectivity index (χ1n) is 8.15. The van der Waals surface area contributed by atoms with Crippen LogP contribution in [0.2, 0.25) is 0 Å². The van der Waals surface area contributed by atoms with E-state index in [-0.39, 0.29) is 11.9 Å². The van der Waals surface area contributed by atoms with E-state index < -0.39 is 0 Å². The highest BCUT2D eigenvalue weighted by molar-refractivity contribution is 5.93. The van der Waals surface area contributed by atoms with Gasteiger partial charge in [0.15, 0.2) is 0 Å². The number of likely N-dealkylation sites (tertiary alicyclic amines) is 1. The number of hydrogen-bond acceptors (Lipinski definition) is 4. The van der Waals surface area contributed by atoms with Gasteiger partial charge in [0.2, 0.25) is 0 Å². The molecule has 1 aliphatic heterocycles. The van der Waals surface area contributed by atoms with Gasteiger partial charge in [0.05, 0.1) is 23.4 Å². The van der Waals surface area contributed by atoms with Crippen molar-refractivity contribution in [2.24, 2.45) is 7.05 Å². The van der Waals surface area contributed by atoms with Gasteiger partial charge >= 0.3 is 0 Å². The first kappa shape index (κ1) is 16.2. The van der Waals surface area contributed by atoms with E-state index >= 15 is 0 Å². The van der Waals surface area contributed by atoms with Crippen LogP contribution in [0.25, 0.3) is 0 Å². The third-order valence-corrected chi connectivity index (χ3v) is 4.30. The maximum absolute atomic E-state index is 12.2. The van der Waals surface area contributed by atoms with Gasteiger partial charge in [-0.1, -0.05) is 12.1 Å². The molecule has 124 valence electrons. The Kier molecular flexibility index (Phi) is 4.92. The van der Waals surface area contributed by atoms with Crippen molar-refractivity contribution in [2.45, 2.75) is 25.4 Å². The number of aryl methyl sites for hydroxylation is 1. The van der Waals surface area contributed by atoms with E-state index in [0.29, 0.717) is 11.1 Å². The van der Waals surface area contributed by atoms with Crippen LogP contribution in [0, 0.1) is 11.3 Å². The van der Waals surface area contributed by atoms with Crippen molar-refractivity contribution in [3.05, 3.63) is 53.3 Å². The van der Waals surface area contributed by atoms with Crippen LogP contribution in [0.1, 0.15) is 34.3 Å². The first-order chi connectivity index (χ1) is 11.6. The molecule has 1 aromatic carbocycles. The standard InChI is InChI=1S/C18H21N5O/c1-22-12-16(10-20-22)18(24)21-17-3-2-8-23(13-17)11-15-6-4-14(9-19)5-7-15/h4-7,10,12,17H,2-3,8,11,13H2,1H3,(H,21,24). The summed E-state index contributed by atoms with van der Waals surface area (Å²) < 4.78 is 1.63. The third-order valence-electron chi connectivity index (χ3n) is 4.30. The predicted molar refractivity (Wildman–Crippen MR) is 90.1 cm³/mol. The molecule has 6 heteroatoms. The molecule has 1 unspecified atom stereocenters. The Balaban J connectivity index is 1.55. The number of hydrogen-bond donors (Lipinski definition) is 1. The van der Waals surface area contributed by atoms with Crippen molar-refractivity contribution in [1.29, 1.82) is 5.26 Å². The van der Waals surface area contributed by atoms with Gasteiger partial charge in [-0.15, -0.1) is 0 Å². The second kappa shape index (κ2) is 7.28. The van der Waals surface area contributed by atoms with Crippen molar-refractivity contribution in [1.82, 2.24) is 20.0 Å². The van der Waals surface area contributed by atoms with Crippen molar-refractivity contribution < 1.29 is 4.79 Å². The topological polar surface area (TPSA) is 74.0 Å². The Morgan fingerprint density at radius 1 is 1.42 bits per heavy atom. The van der Waals surface area contributed by atoms with Crippen LogP contribution in [0.3, 0.4) is 0 Å². The van der Waals surface area contributed by atoms with Gasteiger partial charge in [-0.05, 0) is 37.1 Å². The van der Waals surface area contributed by atoms with E-state index in [9.17, 15) is 4.79 Å². The molecule has 6 nitrogen and oxygen atoms in total. The molecule has 1 aliphatic rings. The van der Waals surface area contributed by atoms with Crippen LogP contribution in [0.4, 0.5) is 0 Å². The summed E-state index contributed by atoms with van der Waals surface area (Å²) in [5.74, 6) is -0.0617. The average Bonchev–Trinajstić information content (AvgIpc) is 3.02. The lowest BCUT2D eigenvalue weighted by Gasteiger charge is -2.33. The third kappa shape index (κ3) is 4.00. The fourth-order valence-electron chi connectivity index (χ4n) is 3.07. The molecule has 1 atom stereocenters. The molecule has 1 amide bonds. The van der Waals surface area contributed by atoms with Crippen LogP contribution >= 0.6 is 0 Å². The van der Waals surface area contributed by atoms with Crippen LogP contribution < -0.4 is 5.32 Å². The minimum Gasteiger partial charge on any atom is -0.348 e. The number of carbonyl (C=O) groups excluding carboxylic acids is 1. The molecule has 1 aromatic heterocycles. The number of rotatable bonds is 4. The lowest BCUT2D eigenvalue weighted by molar-refractivity contribution is 0.0900. The zero-order valence-corrected chi connectivity index (χ0v) is 13.8. The van der Waals surface area contributed by atoms with Gasteiger partial charge in [-0.2, -0.15) is 10.4 Å². The molecule has 2 aromatic rings. The molecule has 1 saturated heterocycles. The molecule has 0 spiro atoms. The minimum absolute atomic E-state index is 0.0617. The van der Waals surface area contributed by atoms with E-state index in [4.69, 9.17) is 5.26 Å². The molecule has 0 bridgehead atoms. The Morgan fingerprint density at radius 2 is 2.21 bits per heavy atom. The molecule has 1 fully saturated rings. The zero-order chi connectivity index (χ0) is 16.9. The summed E-state index contributed by atoms with van der Waals surface area (Å²) >= 11 is 0. The molecule has 2 heterocycles. The number of carbonyl (C=O) groups is 1. The van der Waals surface area contributed by atoms with E-state index in [1.807, 2.05) is 24.3 Å². The van der Waals surface area contributed by atoms with Crippen LogP contribution in [0.5, 0.6) is 0 Å². The zero-order valence-electron chi connectivity index (χ0n) is 13.8. The van der Waals surface area contributed by atoms with Gasteiger partial charge in [0, 0.05) is 32.4 Å². The number of benzene rings is 1. The van der Waals surface area contributed by atoms with Crippen LogP contribution in [-0.2, 0) is 13.6 Å².